The van der Waals surface area contributed by atoms with Gasteiger partial charge in [0.05, 0.1) is 78.2 Å². The summed E-state index contributed by atoms with van der Waals surface area (Å²) in [6, 6.07) is -7.70. The summed E-state index contributed by atoms with van der Waals surface area (Å²) >= 11 is 0. The summed E-state index contributed by atoms with van der Waals surface area (Å²) < 4.78 is 108. The summed E-state index contributed by atoms with van der Waals surface area (Å²) in [6.07, 6.45) is -96.3. The molecular weight excluding hydrogens is 1670 g/mol. The van der Waals surface area contributed by atoms with Crippen LogP contribution in [0.4, 0.5) is 0 Å². The van der Waals surface area contributed by atoms with E-state index in [2.05, 4.69) is 21.3 Å². The van der Waals surface area contributed by atoms with Crippen molar-refractivity contribution >= 4 is 23.6 Å². The number of aliphatic hydroxyl groups is 28. The van der Waals surface area contributed by atoms with Gasteiger partial charge < -0.3 is 250 Å². The fraction of sp³-hybridized carbons (Fsp3) is 0.941. The van der Waals surface area contributed by atoms with Crippen LogP contribution in [0.25, 0.3) is 0 Å². The maximum absolute atomic E-state index is 13.5. The molecule has 54 nitrogen and oxygen atoms in total. The fourth-order valence-electron chi connectivity index (χ4n) is 15.5. The van der Waals surface area contributed by atoms with E-state index in [-0.39, 0.29) is 0 Å². The largest absolute Gasteiger partial charge is 0.394 e. The second kappa shape index (κ2) is 45.0. The van der Waals surface area contributed by atoms with Gasteiger partial charge in [0.2, 0.25) is 23.6 Å². The van der Waals surface area contributed by atoms with Gasteiger partial charge >= 0.3 is 0 Å². The SMILES string of the molecule is CC(=O)N[C@H]1[C@H](O[C@@H]([C@H](O)[C@H](CO)NC(C)=O)[C@H](O)CO)O[C@H](CO)[C@@H](O[C@@H]2O[C@H](CO[C@H]3O[C@H](CO)[C@@H](O)[C@H](O)[C@@H]3O[C@@H]3O[C@H](CO)[C@@H](O[C@@H]4O[C@H](CO)[C@H](O)[C@H](O)[C@H]4O)[C@H](O[C@@H]4O[C@@H](C)[C@@H](O)[C@@H](O)[C@@H]4O)[C@H]3NC(C)=O)[C@@H](O)[C@H](O[C@H]3O[C@H](CO)[C@@H](O)[C@H](O)[C@@H]3O[C@@H]3O[C@H](CO)[C@@H](O[C@@H]4O[C@H](CO)[C@H](O)[C@H](O)[C@H]4O)[C@H](O)[C@H]3NC(C)=O)[C@@H]2O)[C@@H]1O. The molecule has 9 saturated heterocycles. The molecule has 0 aromatic heterocycles. The van der Waals surface area contributed by atoms with Crippen molar-refractivity contribution in [1.29, 1.82) is 0 Å². The van der Waals surface area contributed by atoms with Crippen molar-refractivity contribution in [2.24, 2.45) is 0 Å². The van der Waals surface area contributed by atoms with Gasteiger partial charge in [0, 0.05) is 27.7 Å². The molecule has 0 aromatic carbocycles. The number of amides is 4. The number of ether oxygens (including phenoxy) is 18. The zero-order valence-electron chi connectivity index (χ0n) is 65.9. The molecule has 0 radical (unpaired) electrons. The minimum absolute atomic E-state index is 0.827. The van der Waals surface area contributed by atoms with Crippen LogP contribution in [0.15, 0.2) is 0 Å². The lowest BCUT2D eigenvalue weighted by atomic mass is 9.93. The molecule has 4 amide bonds. The highest BCUT2D eigenvalue weighted by atomic mass is 16.8. The Morgan fingerprint density at radius 1 is 0.295 bits per heavy atom. The van der Waals surface area contributed by atoms with E-state index < -0.39 is 390 Å². The molecular formula is C68H116N4O50. The zero-order valence-corrected chi connectivity index (χ0v) is 65.9. The van der Waals surface area contributed by atoms with Crippen LogP contribution < -0.4 is 21.3 Å². The van der Waals surface area contributed by atoms with Gasteiger partial charge in [-0.25, -0.2) is 0 Å². The summed E-state index contributed by atoms with van der Waals surface area (Å²) in [5.41, 5.74) is 0. The number of carbonyl (C=O) groups is 4. The van der Waals surface area contributed by atoms with Crippen LogP contribution >= 0.6 is 0 Å². The van der Waals surface area contributed by atoms with Crippen LogP contribution in [0.3, 0.4) is 0 Å². The number of nitrogens with one attached hydrogen (secondary N) is 4. The lowest BCUT2D eigenvalue weighted by molar-refractivity contribution is -0.400. The van der Waals surface area contributed by atoms with Crippen LogP contribution in [0.1, 0.15) is 34.6 Å². The monoisotopic (exact) mass is 1790 g/mol. The third kappa shape index (κ3) is 22.9. The molecule has 9 fully saturated rings. The lowest BCUT2D eigenvalue weighted by Crippen LogP contribution is -2.71. The Morgan fingerprint density at radius 3 is 1.07 bits per heavy atom. The molecule has 0 aliphatic carbocycles. The molecule has 54 heteroatoms. The number of rotatable bonds is 35. The highest BCUT2D eigenvalue weighted by molar-refractivity contribution is 5.74. The molecule has 0 saturated carbocycles. The first-order chi connectivity index (χ1) is 57.7. The van der Waals surface area contributed by atoms with Crippen molar-refractivity contribution in [3.05, 3.63) is 0 Å². The Morgan fingerprint density at radius 2 is 0.631 bits per heavy atom. The van der Waals surface area contributed by atoms with Crippen LogP contribution in [0.2, 0.25) is 0 Å². The molecule has 0 aromatic rings. The first-order valence-corrected chi connectivity index (χ1v) is 38.9. The molecule has 9 aliphatic rings. The van der Waals surface area contributed by atoms with Crippen molar-refractivity contribution in [3.63, 3.8) is 0 Å². The zero-order chi connectivity index (χ0) is 90.2. The fourth-order valence-corrected chi connectivity index (χ4v) is 15.5. The molecule has 0 unspecified atom stereocenters. The van der Waals surface area contributed by atoms with E-state index in [0.717, 1.165) is 27.7 Å². The first-order valence-electron chi connectivity index (χ1n) is 38.9. The van der Waals surface area contributed by atoms with Gasteiger partial charge in [-0.2, -0.15) is 0 Å². The summed E-state index contributed by atoms with van der Waals surface area (Å²) in [5, 5.41) is 321. The van der Waals surface area contributed by atoms with Gasteiger partial charge in [0.15, 0.2) is 56.6 Å². The van der Waals surface area contributed by atoms with Crippen LogP contribution in [0.5, 0.6) is 0 Å². The van der Waals surface area contributed by atoms with E-state index in [4.69, 9.17) is 85.3 Å². The summed E-state index contributed by atoms with van der Waals surface area (Å²) in [7, 11) is 0. The summed E-state index contributed by atoms with van der Waals surface area (Å²) in [6.45, 7) is -6.64. The van der Waals surface area contributed by atoms with Gasteiger partial charge in [-0.3, -0.25) is 19.2 Å². The Balaban J connectivity index is 1.09. The van der Waals surface area contributed by atoms with Gasteiger partial charge in [-0.15, -0.1) is 0 Å². The molecule has 9 aliphatic heterocycles. The van der Waals surface area contributed by atoms with Crippen molar-refractivity contribution in [1.82, 2.24) is 21.3 Å². The van der Waals surface area contributed by atoms with E-state index in [0.29, 0.717) is 0 Å². The smallest absolute Gasteiger partial charge is 0.217 e. The number of aliphatic hydroxyl groups excluding tert-OH is 28. The minimum Gasteiger partial charge on any atom is -0.394 e. The highest BCUT2D eigenvalue weighted by Gasteiger charge is 2.62. The minimum atomic E-state index is -2.64. The maximum atomic E-state index is 13.5. The van der Waals surface area contributed by atoms with Crippen molar-refractivity contribution in [2.75, 3.05) is 66.1 Å². The van der Waals surface area contributed by atoms with Crippen LogP contribution in [-0.4, -0.2) is 533 Å². The molecule has 9 heterocycles. The molecule has 708 valence electrons. The lowest BCUT2D eigenvalue weighted by Gasteiger charge is -2.51. The van der Waals surface area contributed by atoms with E-state index in [1.807, 2.05) is 0 Å². The van der Waals surface area contributed by atoms with E-state index in [9.17, 15) is 162 Å². The average molecular weight is 1790 g/mol. The maximum Gasteiger partial charge on any atom is 0.217 e. The average Bonchev–Trinajstić information content (AvgIpc) is 0.764. The van der Waals surface area contributed by atoms with E-state index in [1.165, 1.54) is 6.92 Å². The number of carbonyl (C=O) groups excluding carboxylic acids is 4. The molecule has 49 atom stereocenters. The Hall–Kier alpha value is -3.96. The number of hydrogen-bond donors (Lipinski definition) is 32. The van der Waals surface area contributed by atoms with Crippen LogP contribution in [-0.2, 0) is 104 Å². The molecule has 0 bridgehead atoms. The van der Waals surface area contributed by atoms with Gasteiger partial charge in [-0.1, -0.05) is 0 Å². The Kier molecular flexibility index (Phi) is 37.6. The van der Waals surface area contributed by atoms with Crippen molar-refractivity contribution in [2.45, 2.75) is 335 Å². The molecule has 32 N–H and O–H groups in total. The Labute approximate surface area is 691 Å². The molecule has 0 spiro atoms. The highest BCUT2D eigenvalue weighted by Crippen LogP contribution is 2.41. The number of hydrogen-bond acceptors (Lipinski definition) is 50. The second-order valence-electron chi connectivity index (χ2n) is 30.7. The van der Waals surface area contributed by atoms with Crippen molar-refractivity contribution in [3.8, 4) is 0 Å². The quantitative estimate of drug-likeness (QED) is 0.0280. The van der Waals surface area contributed by atoms with Gasteiger partial charge in [0.1, 0.15) is 232 Å². The second-order valence-corrected chi connectivity index (χ2v) is 30.7. The van der Waals surface area contributed by atoms with Crippen LogP contribution in [0, 0.1) is 0 Å². The normalized spacial score (nSPS) is 47.0. The van der Waals surface area contributed by atoms with Gasteiger partial charge in [0.25, 0.3) is 0 Å². The standard InChI is InChI=1S/C68H116N4O50/c1-16-34(87)43(96)48(101)63(106-16)119-56-33(72-20(5)85)62(113-29(14-81)55(56)118-65-50(103)45(98)37(90)24(9-76)108-65)121-58-46(99)38(91)25(10-77)109-67(58)105-15-30-40(93)57(51(104)66(114-30)117-54-28(13-80)111-60(31(41(54)94)70-18(3)83)115-52(22(86)7-74)35(88)21(6-73)69-17(2)82)120-68-59(47(100)39(92)26(11-78)110-68)122-61-32(71-19(4)84)42(95)53(27(12-79)112-61)116-64-49(102)44(97)36(89)23(8-75)107-64/h16,21-68,73-81,86-104H,6-15H2,1-5H3,(H,69,82)(H,70,83)(H,71,84)(H,72,85)/t16-,21-,22+,23+,24+,25+,26+,27+,28+,29+,30+,31+,32+,33+,34+,35+,36-,37-,38+,39+,40+,41+,42+,43+,44-,45-,46-,47-,48-,49+,50+,51-,52+,53+,54+,55+,56+,57-,58-,59-,60-,61-,62-,63-,64-,65-,66-,67-,68+/m0/s1. The Bertz CT molecular complexity index is 3230. The van der Waals surface area contributed by atoms with E-state index >= 15 is 0 Å². The molecule has 122 heavy (non-hydrogen) atoms. The predicted octanol–water partition coefficient (Wildman–Crippen LogP) is -21.6. The van der Waals surface area contributed by atoms with E-state index in [1.54, 1.807) is 0 Å². The van der Waals surface area contributed by atoms with Gasteiger partial charge in [-0.05, 0) is 6.92 Å². The summed E-state index contributed by atoms with van der Waals surface area (Å²) in [4.78, 5) is 51.6. The third-order valence-corrected chi connectivity index (χ3v) is 22.1. The topological polar surface area (TPSA) is 849 Å². The van der Waals surface area contributed by atoms with Crippen molar-refractivity contribution < 1.29 is 247 Å². The predicted molar refractivity (Wildman–Crippen MR) is 377 cm³/mol. The molecule has 9 rings (SSSR count). The first kappa shape index (κ1) is 102. The summed E-state index contributed by atoms with van der Waals surface area (Å²) in [5.74, 6) is -3.82. The third-order valence-electron chi connectivity index (χ3n) is 22.1.